The van der Waals surface area contributed by atoms with Crippen molar-refractivity contribution in [2.24, 2.45) is 0 Å². The second kappa shape index (κ2) is 3.08. The van der Waals surface area contributed by atoms with Gasteiger partial charge in [-0.25, -0.2) is 4.98 Å². The maximum atomic E-state index is 11.8. The van der Waals surface area contributed by atoms with E-state index >= 15 is 0 Å². The van der Waals surface area contributed by atoms with Gasteiger partial charge in [-0.05, 0) is 25.0 Å². The molecule has 0 radical (unpaired) electrons. The topological polar surface area (TPSA) is 46.4 Å². The van der Waals surface area contributed by atoms with Crippen molar-refractivity contribution in [3.63, 3.8) is 0 Å². The van der Waals surface area contributed by atoms with E-state index in [1.165, 1.54) is 0 Å². The van der Waals surface area contributed by atoms with Gasteiger partial charge in [0.25, 0.3) is 5.91 Å². The van der Waals surface area contributed by atoms with Gasteiger partial charge in [-0.15, -0.1) is 0 Å². The molecule has 2 aromatic rings. The van der Waals surface area contributed by atoms with Gasteiger partial charge in [0.1, 0.15) is 11.3 Å². The van der Waals surface area contributed by atoms with Crippen LogP contribution in [0.2, 0.25) is 0 Å². The molecule has 2 heterocycles. The van der Waals surface area contributed by atoms with E-state index < -0.39 is 0 Å². The van der Waals surface area contributed by atoms with Crippen LogP contribution < -0.4 is 5.32 Å². The Hall–Kier alpha value is -1.84. The summed E-state index contributed by atoms with van der Waals surface area (Å²) >= 11 is 0. The first-order chi connectivity index (χ1) is 7.34. The minimum atomic E-state index is -0.0129. The highest BCUT2D eigenvalue weighted by Gasteiger charge is 2.24. The summed E-state index contributed by atoms with van der Waals surface area (Å²) in [6.45, 7) is 0. The van der Waals surface area contributed by atoms with Crippen molar-refractivity contribution in [1.82, 2.24) is 14.7 Å². The lowest BCUT2D eigenvalue weighted by Gasteiger charge is -2.05. The van der Waals surface area contributed by atoms with Crippen LogP contribution in [0.25, 0.3) is 5.65 Å². The monoisotopic (exact) mass is 201 g/mol. The Bertz CT molecular complexity index is 513. The Balaban J connectivity index is 2.01. The smallest absolute Gasteiger partial charge is 0.268 e. The molecule has 0 atom stereocenters. The molecule has 4 nitrogen and oxygen atoms in total. The summed E-state index contributed by atoms with van der Waals surface area (Å²) in [6.07, 6.45) is 5.71. The Kier molecular flexibility index (Phi) is 1.74. The van der Waals surface area contributed by atoms with E-state index in [9.17, 15) is 4.79 Å². The number of carbonyl (C=O) groups excluding carboxylic acids is 1. The van der Waals surface area contributed by atoms with E-state index in [1.807, 2.05) is 18.2 Å². The SMILES string of the molecule is O=C(NC1CC1)c1cccc2nccn12. The predicted molar refractivity (Wildman–Crippen MR) is 55.7 cm³/mol. The van der Waals surface area contributed by atoms with Crippen molar-refractivity contribution < 1.29 is 4.79 Å². The van der Waals surface area contributed by atoms with E-state index in [1.54, 1.807) is 16.8 Å². The fourth-order valence-electron chi connectivity index (χ4n) is 1.62. The Morgan fingerprint density at radius 1 is 1.47 bits per heavy atom. The average molecular weight is 201 g/mol. The molecule has 1 aliphatic rings. The van der Waals surface area contributed by atoms with Crippen LogP contribution in [0.15, 0.2) is 30.6 Å². The van der Waals surface area contributed by atoms with Crippen molar-refractivity contribution in [1.29, 1.82) is 0 Å². The standard InChI is InChI=1S/C11H11N3O/c15-11(13-8-4-5-8)9-2-1-3-10-12-6-7-14(9)10/h1-3,6-8H,4-5H2,(H,13,15). The Labute approximate surface area is 86.9 Å². The first kappa shape index (κ1) is 8.47. The number of carbonyl (C=O) groups is 1. The molecular formula is C11H11N3O. The van der Waals surface area contributed by atoms with Gasteiger partial charge in [0.05, 0.1) is 0 Å². The third-order valence-electron chi connectivity index (χ3n) is 2.57. The van der Waals surface area contributed by atoms with E-state index in [2.05, 4.69) is 10.3 Å². The van der Waals surface area contributed by atoms with Crippen molar-refractivity contribution in [2.45, 2.75) is 18.9 Å². The third-order valence-corrected chi connectivity index (χ3v) is 2.57. The van der Waals surface area contributed by atoms with E-state index in [0.29, 0.717) is 11.7 Å². The van der Waals surface area contributed by atoms with Gasteiger partial charge in [-0.1, -0.05) is 6.07 Å². The first-order valence-electron chi connectivity index (χ1n) is 5.07. The van der Waals surface area contributed by atoms with Gasteiger partial charge in [0.2, 0.25) is 0 Å². The molecule has 0 saturated heterocycles. The zero-order valence-electron chi connectivity index (χ0n) is 8.18. The largest absolute Gasteiger partial charge is 0.348 e. The summed E-state index contributed by atoms with van der Waals surface area (Å²) in [5.74, 6) is -0.0129. The number of aromatic nitrogens is 2. The van der Waals surface area contributed by atoms with Crippen LogP contribution in [-0.2, 0) is 0 Å². The molecule has 0 unspecified atom stereocenters. The van der Waals surface area contributed by atoms with Crippen LogP contribution in [0, 0.1) is 0 Å². The maximum Gasteiger partial charge on any atom is 0.268 e. The number of rotatable bonds is 2. The minimum absolute atomic E-state index is 0.0129. The number of hydrogen-bond acceptors (Lipinski definition) is 2. The molecular weight excluding hydrogens is 190 g/mol. The lowest BCUT2D eigenvalue weighted by Crippen LogP contribution is -2.27. The van der Waals surface area contributed by atoms with Crippen molar-refractivity contribution in [3.05, 3.63) is 36.3 Å². The molecule has 1 amide bonds. The second-order valence-corrected chi connectivity index (χ2v) is 3.81. The lowest BCUT2D eigenvalue weighted by molar-refractivity contribution is 0.0945. The maximum absolute atomic E-state index is 11.8. The highest BCUT2D eigenvalue weighted by molar-refractivity contribution is 5.93. The molecule has 0 aliphatic heterocycles. The number of nitrogens with one attached hydrogen (secondary N) is 1. The second-order valence-electron chi connectivity index (χ2n) is 3.81. The molecule has 3 rings (SSSR count). The molecule has 1 aliphatic carbocycles. The quantitative estimate of drug-likeness (QED) is 0.794. The van der Waals surface area contributed by atoms with Gasteiger partial charge < -0.3 is 5.32 Å². The fourth-order valence-corrected chi connectivity index (χ4v) is 1.62. The normalized spacial score (nSPS) is 15.5. The number of imidazole rings is 1. The predicted octanol–water partition coefficient (Wildman–Crippen LogP) is 1.23. The van der Waals surface area contributed by atoms with Crippen molar-refractivity contribution in [3.8, 4) is 0 Å². The van der Waals surface area contributed by atoms with Crippen LogP contribution in [-0.4, -0.2) is 21.3 Å². The molecule has 1 fully saturated rings. The number of amides is 1. The van der Waals surface area contributed by atoms with Crippen LogP contribution in [0.4, 0.5) is 0 Å². The summed E-state index contributed by atoms with van der Waals surface area (Å²) in [6, 6.07) is 5.93. The molecule has 0 bridgehead atoms. The zero-order valence-corrected chi connectivity index (χ0v) is 8.18. The van der Waals surface area contributed by atoms with Gasteiger partial charge in [-0.2, -0.15) is 0 Å². The van der Waals surface area contributed by atoms with E-state index in [-0.39, 0.29) is 5.91 Å². The average Bonchev–Trinajstić information content (AvgIpc) is 2.93. The minimum Gasteiger partial charge on any atom is -0.348 e. The molecule has 76 valence electrons. The molecule has 4 heteroatoms. The molecule has 0 aromatic carbocycles. The number of nitrogens with zero attached hydrogens (tertiary/aromatic N) is 2. The third kappa shape index (κ3) is 1.48. The molecule has 0 spiro atoms. The summed E-state index contributed by atoms with van der Waals surface area (Å²) in [5.41, 5.74) is 1.45. The summed E-state index contributed by atoms with van der Waals surface area (Å²) in [4.78, 5) is 16.0. The zero-order chi connectivity index (χ0) is 10.3. The van der Waals surface area contributed by atoms with Crippen LogP contribution in [0.5, 0.6) is 0 Å². The van der Waals surface area contributed by atoms with Crippen LogP contribution in [0.3, 0.4) is 0 Å². The number of hydrogen-bond donors (Lipinski definition) is 1. The van der Waals surface area contributed by atoms with Crippen LogP contribution >= 0.6 is 0 Å². The first-order valence-corrected chi connectivity index (χ1v) is 5.07. The summed E-state index contributed by atoms with van der Waals surface area (Å²) in [5, 5.41) is 2.96. The molecule has 1 saturated carbocycles. The van der Waals surface area contributed by atoms with Gasteiger partial charge in [-0.3, -0.25) is 9.20 Å². The molecule has 2 aromatic heterocycles. The van der Waals surface area contributed by atoms with Gasteiger partial charge in [0.15, 0.2) is 0 Å². The van der Waals surface area contributed by atoms with E-state index in [0.717, 1.165) is 18.5 Å². The van der Waals surface area contributed by atoms with E-state index in [4.69, 9.17) is 0 Å². The van der Waals surface area contributed by atoms with Gasteiger partial charge >= 0.3 is 0 Å². The Morgan fingerprint density at radius 2 is 2.33 bits per heavy atom. The summed E-state index contributed by atoms with van der Waals surface area (Å²) < 4.78 is 1.80. The summed E-state index contributed by atoms with van der Waals surface area (Å²) in [7, 11) is 0. The number of pyridine rings is 1. The molecule has 1 N–H and O–H groups in total. The Morgan fingerprint density at radius 3 is 3.13 bits per heavy atom. The van der Waals surface area contributed by atoms with Gasteiger partial charge in [0, 0.05) is 18.4 Å². The lowest BCUT2D eigenvalue weighted by atomic mass is 10.3. The highest BCUT2D eigenvalue weighted by atomic mass is 16.2. The highest BCUT2D eigenvalue weighted by Crippen LogP contribution is 2.19. The van der Waals surface area contributed by atoms with Crippen LogP contribution in [0.1, 0.15) is 23.3 Å². The fraction of sp³-hybridized carbons (Fsp3) is 0.273. The molecule has 15 heavy (non-hydrogen) atoms. The number of fused-ring (bicyclic) bond motifs is 1. The van der Waals surface area contributed by atoms with Crippen molar-refractivity contribution >= 4 is 11.6 Å². The van der Waals surface area contributed by atoms with Crippen molar-refractivity contribution in [2.75, 3.05) is 0 Å².